The molecule has 5 nitrogen and oxygen atoms in total. The van der Waals surface area contributed by atoms with Gasteiger partial charge < -0.3 is 15.3 Å². The van der Waals surface area contributed by atoms with E-state index < -0.39 is 5.91 Å². The molecule has 2 aromatic rings. The quantitative estimate of drug-likeness (QED) is 0.874. The molecular weight excluding hydrogens is 323 g/mol. The van der Waals surface area contributed by atoms with E-state index in [1.54, 1.807) is 29.2 Å². The number of nitrogens with zero attached hydrogens (tertiary/aromatic N) is 1. The van der Waals surface area contributed by atoms with Gasteiger partial charge in [-0.3, -0.25) is 9.59 Å². The van der Waals surface area contributed by atoms with Crippen LogP contribution in [0, 0.1) is 5.82 Å². The van der Waals surface area contributed by atoms with Gasteiger partial charge in [0.25, 0.3) is 5.91 Å². The summed E-state index contributed by atoms with van der Waals surface area (Å²) in [4.78, 5) is 26.0. The summed E-state index contributed by atoms with van der Waals surface area (Å²) in [7, 11) is 0. The molecule has 1 saturated heterocycles. The molecule has 6 heteroatoms. The van der Waals surface area contributed by atoms with Gasteiger partial charge >= 0.3 is 0 Å². The Morgan fingerprint density at radius 1 is 1.20 bits per heavy atom. The molecule has 2 aromatic carbocycles. The minimum absolute atomic E-state index is 0.0234. The first-order valence-electron chi connectivity index (χ1n) is 8.14. The molecule has 130 valence electrons. The van der Waals surface area contributed by atoms with Crippen LogP contribution in [-0.2, 0) is 11.2 Å². The molecule has 1 fully saturated rings. The van der Waals surface area contributed by atoms with Crippen molar-refractivity contribution in [3.8, 4) is 5.75 Å². The van der Waals surface area contributed by atoms with Gasteiger partial charge in [0.05, 0.1) is 11.6 Å². The maximum absolute atomic E-state index is 12.9. The number of phenolic OH excluding ortho intramolecular Hbond substituents is 1. The van der Waals surface area contributed by atoms with Gasteiger partial charge in [0.1, 0.15) is 11.6 Å². The fourth-order valence-corrected chi connectivity index (χ4v) is 2.93. The summed E-state index contributed by atoms with van der Waals surface area (Å²) in [5.74, 6) is -0.786. The second-order valence-electron chi connectivity index (χ2n) is 6.11. The third-order valence-electron chi connectivity index (χ3n) is 4.28. The van der Waals surface area contributed by atoms with Crippen molar-refractivity contribution in [1.82, 2.24) is 10.2 Å². The van der Waals surface area contributed by atoms with Crippen molar-refractivity contribution >= 4 is 11.8 Å². The van der Waals surface area contributed by atoms with E-state index in [2.05, 4.69) is 5.32 Å². The van der Waals surface area contributed by atoms with Crippen molar-refractivity contribution in [3.63, 3.8) is 0 Å². The largest absolute Gasteiger partial charge is 0.507 e. The molecule has 0 spiro atoms. The van der Waals surface area contributed by atoms with Crippen molar-refractivity contribution in [1.29, 1.82) is 0 Å². The summed E-state index contributed by atoms with van der Waals surface area (Å²) in [6.45, 7) is 0.951. The van der Waals surface area contributed by atoms with Crippen LogP contribution in [0.15, 0.2) is 48.5 Å². The van der Waals surface area contributed by atoms with Crippen molar-refractivity contribution < 1.29 is 19.1 Å². The summed E-state index contributed by atoms with van der Waals surface area (Å²) in [6, 6.07) is 12.2. The van der Waals surface area contributed by atoms with E-state index in [0.29, 0.717) is 19.5 Å². The molecular formula is C19H19FN2O3. The van der Waals surface area contributed by atoms with Gasteiger partial charge in [-0.1, -0.05) is 24.3 Å². The molecule has 0 aromatic heterocycles. The number of benzene rings is 2. The number of carbonyl (C=O) groups is 2. The summed E-state index contributed by atoms with van der Waals surface area (Å²) in [5.41, 5.74) is 1.15. The van der Waals surface area contributed by atoms with Crippen LogP contribution in [0.25, 0.3) is 0 Å². The van der Waals surface area contributed by atoms with Gasteiger partial charge in [-0.05, 0) is 36.2 Å². The molecule has 1 heterocycles. The minimum atomic E-state index is -0.392. The molecule has 1 atom stereocenters. The highest BCUT2D eigenvalue weighted by atomic mass is 19.1. The number of phenols is 1. The monoisotopic (exact) mass is 342 g/mol. The number of aromatic hydroxyl groups is 1. The number of halogens is 1. The normalized spacial score (nSPS) is 16.9. The first kappa shape index (κ1) is 17.0. The standard InChI is InChI=1S/C19H19FN2O3/c20-14-7-5-13(6-8-14)9-10-22-12-15(11-18(22)24)21-19(25)16-3-1-2-4-17(16)23/h1-8,15,23H,9-12H2,(H,21,25)/t15-/m0/s1. The Morgan fingerprint density at radius 3 is 2.64 bits per heavy atom. The zero-order chi connectivity index (χ0) is 17.8. The lowest BCUT2D eigenvalue weighted by Crippen LogP contribution is -2.37. The number of rotatable bonds is 5. The molecule has 25 heavy (non-hydrogen) atoms. The van der Waals surface area contributed by atoms with Crippen LogP contribution in [-0.4, -0.2) is 41.0 Å². The Labute approximate surface area is 145 Å². The summed E-state index contributed by atoms with van der Waals surface area (Å²) < 4.78 is 12.9. The minimum Gasteiger partial charge on any atom is -0.507 e. The molecule has 3 rings (SSSR count). The highest BCUT2D eigenvalue weighted by Gasteiger charge is 2.30. The molecule has 0 unspecified atom stereocenters. The van der Waals surface area contributed by atoms with Crippen molar-refractivity contribution in [3.05, 3.63) is 65.5 Å². The van der Waals surface area contributed by atoms with E-state index >= 15 is 0 Å². The number of nitrogens with one attached hydrogen (secondary N) is 1. The van der Waals surface area contributed by atoms with Crippen molar-refractivity contribution in [2.75, 3.05) is 13.1 Å². The lowest BCUT2D eigenvalue weighted by Gasteiger charge is -2.17. The highest BCUT2D eigenvalue weighted by Crippen LogP contribution is 2.17. The van der Waals surface area contributed by atoms with Crippen LogP contribution in [0.5, 0.6) is 5.75 Å². The Hall–Kier alpha value is -2.89. The van der Waals surface area contributed by atoms with Crippen LogP contribution in [0.3, 0.4) is 0 Å². The third-order valence-corrected chi connectivity index (χ3v) is 4.28. The van der Waals surface area contributed by atoms with E-state index in [1.807, 2.05) is 0 Å². The molecule has 0 bridgehead atoms. The van der Waals surface area contributed by atoms with E-state index in [4.69, 9.17) is 0 Å². The van der Waals surface area contributed by atoms with E-state index in [1.165, 1.54) is 24.3 Å². The van der Waals surface area contributed by atoms with Gasteiger partial charge in [0.15, 0.2) is 0 Å². The lowest BCUT2D eigenvalue weighted by atomic mass is 10.1. The van der Waals surface area contributed by atoms with E-state index in [-0.39, 0.29) is 35.5 Å². The third kappa shape index (κ3) is 4.15. The number of amides is 2. The Morgan fingerprint density at radius 2 is 1.92 bits per heavy atom. The van der Waals surface area contributed by atoms with Crippen LogP contribution in [0.2, 0.25) is 0 Å². The maximum Gasteiger partial charge on any atom is 0.255 e. The molecule has 2 amide bonds. The van der Waals surface area contributed by atoms with Gasteiger partial charge in [-0.25, -0.2) is 4.39 Å². The zero-order valence-corrected chi connectivity index (χ0v) is 13.6. The Bertz CT molecular complexity index is 776. The summed E-state index contributed by atoms with van der Waals surface area (Å²) >= 11 is 0. The molecule has 0 radical (unpaired) electrons. The smallest absolute Gasteiger partial charge is 0.255 e. The van der Waals surface area contributed by atoms with E-state index in [9.17, 15) is 19.1 Å². The average molecular weight is 342 g/mol. The number of hydrogen-bond donors (Lipinski definition) is 2. The topological polar surface area (TPSA) is 69.6 Å². The highest BCUT2D eigenvalue weighted by molar-refractivity contribution is 5.97. The zero-order valence-electron chi connectivity index (χ0n) is 13.6. The predicted molar refractivity (Wildman–Crippen MR) is 90.7 cm³/mol. The average Bonchev–Trinajstić information content (AvgIpc) is 2.94. The molecule has 2 N–H and O–H groups in total. The van der Waals surface area contributed by atoms with Gasteiger partial charge in [-0.2, -0.15) is 0 Å². The summed E-state index contributed by atoms with van der Waals surface area (Å²) in [5, 5.41) is 12.5. The molecule has 1 aliphatic rings. The second kappa shape index (κ2) is 7.34. The SMILES string of the molecule is O=C(N[C@H]1CC(=O)N(CCc2ccc(F)cc2)C1)c1ccccc1O. The number of carbonyl (C=O) groups excluding carboxylic acids is 2. The number of hydrogen-bond acceptors (Lipinski definition) is 3. The van der Waals surface area contributed by atoms with Gasteiger partial charge in [0, 0.05) is 19.5 Å². The molecule has 1 aliphatic heterocycles. The molecule has 0 aliphatic carbocycles. The lowest BCUT2D eigenvalue weighted by molar-refractivity contribution is -0.127. The van der Waals surface area contributed by atoms with Crippen molar-refractivity contribution in [2.45, 2.75) is 18.9 Å². The number of likely N-dealkylation sites (tertiary alicyclic amines) is 1. The maximum atomic E-state index is 12.9. The van der Waals surface area contributed by atoms with Crippen LogP contribution < -0.4 is 5.32 Å². The van der Waals surface area contributed by atoms with Crippen LogP contribution in [0.1, 0.15) is 22.3 Å². The first-order valence-corrected chi connectivity index (χ1v) is 8.14. The first-order chi connectivity index (χ1) is 12.0. The second-order valence-corrected chi connectivity index (χ2v) is 6.11. The molecule has 0 saturated carbocycles. The van der Waals surface area contributed by atoms with Crippen LogP contribution in [0.4, 0.5) is 4.39 Å². The van der Waals surface area contributed by atoms with Crippen molar-refractivity contribution in [2.24, 2.45) is 0 Å². The van der Waals surface area contributed by atoms with Gasteiger partial charge in [0.2, 0.25) is 5.91 Å². The van der Waals surface area contributed by atoms with Crippen LogP contribution >= 0.6 is 0 Å². The Kier molecular flexibility index (Phi) is 4.97. The van der Waals surface area contributed by atoms with Gasteiger partial charge in [-0.15, -0.1) is 0 Å². The number of para-hydroxylation sites is 1. The predicted octanol–water partition coefficient (Wildman–Crippen LogP) is 2.10. The fraction of sp³-hybridized carbons (Fsp3) is 0.263. The fourth-order valence-electron chi connectivity index (χ4n) is 2.93. The van der Waals surface area contributed by atoms with E-state index in [0.717, 1.165) is 5.56 Å². The summed E-state index contributed by atoms with van der Waals surface area (Å²) in [6.07, 6.45) is 0.870. The Balaban J connectivity index is 1.54.